The lowest BCUT2D eigenvalue weighted by molar-refractivity contribution is -0.117. The van der Waals surface area contributed by atoms with Gasteiger partial charge in [0.25, 0.3) is 0 Å². The molecule has 0 saturated carbocycles. The Morgan fingerprint density at radius 2 is 2.31 bits per heavy atom. The summed E-state index contributed by atoms with van der Waals surface area (Å²) in [4.78, 5) is 14.0. The Hall–Kier alpha value is -1.35. The highest BCUT2D eigenvalue weighted by molar-refractivity contribution is 6.02. The Morgan fingerprint density at radius 3 is 3.06 bits per heavy atom. The van der Waals surface area contributed by atoms with Crippen LogP contribution in [0.1, 0.15) is 17.5 Å². The van der Waals surface area contributed by atoms with Crippen LogP contribution in [0.25, 0.3) is 0 Å². The summed E-state index contributed by atoms with van der Waals surface area (Å²) in [6, 6.07) is 6.67. The molecule has 0 aromatic heterocycles. The van der Waals surface area contributed by atoms with Crippen molar-refractivity contribution in [2.45, 2.75) is 25.8 Å². The van der Waals surface area contributed by atoms with Gasteiger partial charge in [-0.25, -0.2) is 0 Å². The molecule has 2 aliphatic rings. The standard InChI is InChI=1S/C13H16N2O/c1-9-2-3-10-7-13(16)15(12(10)6-9)11-4-5-14-8-11/h2-3,6,11,14H,4-5,7-8H2,1H3. The van der Waals surface area contributed by atoms with Crippen LogP contribution < -0.4 is 10.2 Å². The van der Waals surface area contributed by atoms with E-state index in [0.717, 1.165) is 25.2 Å². The second-order valence-corrected chi connectivity index (χ2v) is 4.72. The molecular formula is C13H16N2O. The molecule has 1 fully saturated rings. The van der Waals surface area contributed by atoms with E-state index in [0.29, 0.717) is 12.5 Å². The van der Waals surface area contributed by atoms with Crippen molar-refractivity contribution in [3.05, 3.63) is 29.3 Å². The molecular weight excluding hydrogens is 200 g/mol. The number of nitrogens with one attached hydrogen (secondary N) is 1. The lowest BCUT2D eigenvalue weighted by Gasteiger charge is -2.24. The number of benzene rings is 1. The van der Waals surface area contributed by atoms with Gasteiger partial charge in [0, 0.05) is 12.2 Å². The molecule has 1 saturated heterocycles. The molecule has 3 nitrogen and oxygen atoms in total. The molecule has 0 bridgehead atoms. The molecule has 1 aromatic rings. The number of hydrogen-bond donors (Lipinski definition) is 1. The van der Waals surface area contributed by atoms with Crippen LogP contribution in [0.3, 0.4) is 0 Å². The lowest BCUT2D eigenvalue weighted by atomic mass is 10.1. The molecule has 2 aliphatic heterocycles. The first-order chi connectivity index (χ1) is 7.75. The average Bonchev–Trinajstić information content (AvgIpc) is 2.83. The van der Waals surface area contributed by atoms with Gasteiger partial charge in [-0.2, -0.15) is 0 Å². The zero-order valence-corrected chi connectivity index (χ0v) is 9.49. The third kappa shape index (κ3) is 1.43. The summed E-state index contributed by atoms with van der Waals surface area (Å²) in [6.07, 6.45) is 1.64. The first-order valence-corrected chi connectivity index (χ1v) is 5.88. The predicted molar refractivity (Wildman–Crippen MR) is 63.6 cm³/mol. The lowest BCUT2D eigenvalue weighted by Crippen LogP contribution is -2.39. The number of nitrogens with zero attached hydrogens (tertiary/aromatic N) is 1. The maximum absolute atomic E-state index is 12.0. The summed E-state index contributed by atoms with van der Waals surface area (Å²) in [7, 11) is 0. The summed E-state index contributed by atoms with van der Waals surface area (Å²) in [6.45, 7) is 4.03. The van der Waals surface area contributed by atoms with Gasteiger partial charge >= 0.3 is 0 Å². The van der Waals surface area contributed by atoms with E-state index < -0.39 is 0 Å². The van der Waals surface area contributed by atoms with E-state index in [2.05, 4.69) is 30.4 Å². The second-order valence-electron chi connectivity index (χ2n) is 4.72. The SMILES string of the molecule is Cc1ccc2c(c1)N(C1CCNC1)C(=O)C2. The average molecular weight is 216 g/mol. The zero-order chi connectivity index (χ0) is 11.1. The molecule has 2 heterocycles. The van der Waals surface area contributed by atoms with Crippen molar-refractivity contribution in [1.29, 1.82) is 0 Å². The fourth-order valence-corrected chi connectivity index (χ4v) is 2.69. The molecule has 0 radical (unpaired) electrons. The van der Waals surface area contributed by atoms with Gasteiger partial charge in [-0.1, -0.05) is 12.1 Å². The van der Waals surface area contributed by atoms with Gasteiger partial charge in [0.1, 0.15) is 0 Å². The van der Waals surface area contributed by atoms with Crippen LogP contribution in [0.15, 0.2) is 18.2 Å². The number of carbonyl (C=O) groups excluding carboxylic acids is 1. The predicted octanol–water partition coefficient (Wildman–Crippen LogP) is 1.25. The van der Waals surface area contributed by atoms with Crippen LogP contribution in [0, 0.1) is 6.92 Å². The number of amides is 1. The normalized spacial score (nSPS) is 23.9. The molecule has 3 rings (SSSR count). The Labute approximate surface area is 95.4 Å². The number of anilines is 1. The number of aryl methyl sites for hydroxylation is 1. The van der Waals surface area contributed by atoms with E-state index in [9.17, 15) is 4.79 Å². The van der Waals surface area contributed by atoms with Crippen molar-refractivity contribution < 1.29 is 4.79 Å². The maximum Gasteiger partial charge on any atom is 0.231 e. The van der Waals surface area contributed by atoms with E-state index in [1.165, 1.54) is 11.1 Å². The van der Waals surface area contributed by atoms with E-state index >= 15 is 0 Å². The van der Waals surface area contributed by atoms with Crippen LogP contribution in [-0.2, 0) is 11.2 Å². The summed E-state index contributed by atoms with van der Waals surface area (Å²) in [5.74, 6) is 0.259. The monoisotopic (exact) mass is 216 g/mol. The minimum Gasteiger partial charge on any atom is -0.315 e. The van der Waals surface area contributed by atoms with Crippen LogP contribution in [-0.4, -0.2) is 25.0 Å². The summed E-state index contributed by atoms with van der Waals surface area (Å²) < 4.78 is 0. The Kier molecular flexibility index (Phi) is 2.21. The zero-order valence-electron chi connectivity index (χ0n) is 9.49. The third-order valence-electron chi connectivity index (χ3n) is 3.51. The summed E-state index contributed by atoms with van der Waals surface area (Å²) in [5, 5.41) is 3.32. The highest BCUT2D eigenvalue weighted by Crippen LogP contribution is 2.32. The van der Waals surface area contributed by atoms with Crippen molar-refractivity contribution in [3.63, 3.8) is 0 Å². The summed E-state index contributed by atoms with van der Waals surface area (Å²) >= 11 is 0. The van der Waals surface area contributed by atoms with Gasteiger partial charge in [0.2, 0.25) is 5.91 Å². The number of rotatable bonds is 1. The Balaban J connectivity index is 2.00. The van der Waals surface area contributed by atoms with Gasteiger partial charge in [-0.15, -0.1) is 0 Å². The van der Waals surface area contributed by atoms with Gasteiger partial charge in [-0.3, -0.25) is 4.79 Å². The van der Waals surface area contributed by atoms with Crippen molar-refractivity contribution in [3.8, 4) is 0 Å². The highest BCUT2D eigenvalue weighted by Gasteiger charge is 2.34. The van der Waals surface area contributed by atoms with Crippen LogP contribution in [0.5, 0.6) is 0 Å². The molecule has 3 heteroatoms. The Morgan fingerprint density at radius 1 is 1.44 bits per heavy atom. The molecule has 1 unspecified atom stereocenters. The van der Waals surface area contributed by atoms with Gasteiger partial charge in [-0.05, 0) is 37.1 Å². The van der Waals surface area contributed by atoms with E-state index in [-0.39, 0.29) is 5.91 Å². The smallest absolute Gasteiger partial charge is 0.231 e. The van der Waals surface area contributed by atoms with Crippen molar-refractivity contribution in [2.75, 3.05) is 18.0 Å². The molecule has 1 N–H and O–H groups in total. The molecule has 1 aromatic carbocycles. The number of fused-ring (bicyclic) bond motifs is 1. The topological polar surface area (TPSA) is 32.3 Å². The van der Waals surface area contributed by atoms with Gasteiger partial charge < -0.3 is 10.2 Å². The largest absolute Gasteiger partial charge is 0.315 e. The van der Waals surface area contributed by atoms with Crippen LogP contribution in [0.4, 0.5) is 5.69 Å². The van der Waals surface area contributed by atoms with Crippen molar-refractivity contribution >= 4 is 11.6 Å². The molecule has 0 spiro atoms. The number of carbonyl (C=O) groups is 1. The summed E-state index contributed by atoms with van der Waals surface area (Å²) in [5.41, 5.74) is 3.55. The third-order valence-corrected chi connectivity index (χ3v) is 3.51. The first kappa shape index (κ1) is 9.85. The first-order valence-electron chi connectivity index (χ1n) is 5.88. The minimum atomic E-state index is 0.259. The molecule has 1 amide bonds. The molecule has 1 atom stereocenters. The maximum atomic E-state index is 12.0. The fraction of sp³-hybridized carbons (Fsp3) is 0.462. The van der Waals surface area contributed by atoms with Crippen LogP contribution in [0.2, 0.25) is 0 Å². The van der Waals surface area contributed by atoms with E-state index in [1.807, 2.05) is 4.90 Å². The van der Waals surface area contributed by atoms with E-state index in [1.54, 1.807) is 0 Å². The fourth-order valence-electron chi connectivity index (χ4n) is 2.69. The minimum absolute atomic E-state index is 0.259. The van der Waals surface area contributed by atoms with E-state index in [4.69, 9.17) is 0 Å². The van der Waals surface area contributed by atoms with Gasteiger partial charge in [0.05, 0.1) is 12.5 Å². The second kappa shape index (κ2) is 3.59. The van der Waals surface area contributed by atoms with Crippen molar-refractivity contribution in [1.82, 2.24) is 5.32 Å². The van der Waals surface area contributed by atoms with Crippen molar-refractivity contribution in [2.24, 2.45) is 0 Å². The highest BCUT2D eigenvalue weighted by atomic mass is 16.2. The molecule has 0 aliphatic carbocycles. The number of hydrogen-bond acceptors (Lipinski definition) is 2. The molecule has 16 heavy (non-hydrogen) atoms. The van der Waals surface area contributed by atoms with Crippen LogP contribution >= 0.6 is 0 Å². The quantitative estimate of drug-likeness (QED) is 0.766. The Bertz CT molecular complexity index is 436. The van der Waals surface area contributed by atoms with Gasteiger partial charge in [0.15, 0.2) is 0 Å². The molecule has 84 valence electrons.